The smallest absolute Gasteiger partial charge is 0.179 e. The molecule has 0 saturated carbocycles. The molecular weight excluding hydrogens is 226 g/mol. The van der Waals surface area contributed by atoms with E-state index >= 15 is 0 Å². The van der Waals surface area contributed by atoms with Crippen LogP contribution in [0.1, 0.15) is 43.0 Å². The summed E-state index contributed by atoms with van der Waals surface area (Å²) in [6, 6.07) is 7.45. The summed E-state index contributed by atoms with van der Waals surface area (Å²) < 4.78 is 5.38. The summed E-state index contributed by atoms with van der Waals surface area (Å²) in [5, 5.41) is 3.34. The van der Waals surface area contributed by atoms with Gasteiger partial charge in [-0.1, -0.05) is 12.8 Å². The molecular formula is C15H21NO2. The highest BCUT2D eigenvalue weighted by Crippen LogP contribution is 2.16. The van der Waals surface area contributed by atoms with E-state index in [9.17, 15) is 4.79 Å². The number of benzene rings is 1. The van der Waals surface area contributed by atoms with E-state index in [0.717, 1.165) is 30.7 Å². The molecule has 1 aromatic rings. The number of carbonyl (C=O) groups excluding carboxylic acids is 1. The number of rotatable bonds is 4. The molecule has 18 heavy (non-hydrogen) atoms. The third-order valence-electron chi connectivity index (χ3n) is 3.33. The van der Waals surface area contributed by atoms with Crippen LogP contribution in [0.25, 0.3) is 0 Å². The van der Waals surface area contributed by atoms with E-state index in [2.05, 4.69) is 5.32 Å². The number of carbonyl (C=O) groups is 1. The Morgan fingerprint density at radius 2 is 2.06 bits per heavy atom. The van der Waals surface area contributed by atoms with Crippen LogP contribution >= 0.6 is 0 Å². The van der Waals surface area contributed by atoms with Crippen LogP contribution in [0.5, 0.6) is 5.75 Å². The van der Waals surface area contributed by atoms with Crippen molar-refractivity contribution in [3.8, 4) is 5.75 Å². The van der Waals surface area contributed by atoms with Crippen molar-refractivity contribution in [1.82, 2.24) is 5.32 Å². The fourth-order valence-electron chi connectivity index (χ4n) is 2.34. The first-order chi connectivity index (χ1) is 8.81. The highest BCUT2D eigenvalue weighted by molar-refractivity contribution is 6.00. The lowest BCUT2D eigenvalue weighted by atomic mass is 10.0. The maximum Gasteiger partial charge on any atom is 0.179 e. The maximum absolute atomic E-state index is 12.3. The van der Waals surface area contributed by atoms with Crippen molar-refractivity contribution in [3.05, 3.63) is 29.8 Å². The van der Waals surface area contributed by atoms with Gasteiger partial charge in [0.25, 0.3) is 0 Å². The van der Waals surface area contributed by atoms with Crippen LogP contribution in [0, 0.1) is 0 Å². The topological polar surface area (TPSA) is 38.3 Å². The van der Waals surface area contributed by atoms with Gasteiger partial charge in [0.15, 0.2) is 5.78 Å². The third kappa shape index (κ3) is 3.33. The Morgan fingerprint density at radius 3 is 2.78 bits per heavy atom. The van der Waals surface area contributed by atoms with Crippen LogP contribution in [0.2, 0.25) is 0 Å². The normalized spacial score (nSPS) is 20.2. The quantitative estimate of drug-likeness (QED) is 0.831. The maximum atomic E-state index is 12.3. The number of hydrogen-bond acceptors (Lipinski definition) is 3. The lowest BCUT2D eigenvalue weighted by Gasteiger charge is -2.14. The summed E-state index contributed by atoms with van der Waals surface area (Å²) in [4.78, 5) is 12.3. The highest BCUT2D eigenvalue weighted by Gasteiger charge is 2.20. The Bertz CT molecular complexity index is 378. The van der Waals surface area contributed by atoms with Crippen LogP contribution in [0.15, 0.2) is 24.3 Å². The SMILES string of the molecule is CCOc1ccc(C(=O)C2CCCCCN2)cc1. The average Bonchev–Trinajstić information content (AvgIpc) is 2.68. The molecule has 1 aromatic carbocycles. The summed E-state index contributed by atoms with van der Waals surface area (Å²) in [6.45, 7) is 3.55. The van der Waals surface area contributed by atoms with E-state index in [4.69, 9.17) is 4.74 Å². The first kappa shape index (κ1) is 13.1. The Morgan fingerprint density at radius 1 is 1.28 bits per heavy atom. The van der Waals surface area contributed by atoms with Crippen molar-refractivity contribution < 1.29 is 9.53 Å². The lowest BCUT2D eigenvalue weighted by Crippen LogP contribution is -2.35. The Labute approximate surface area is 109 Å². The first-order valence-electron chi connectivity index (χ1n) is 6.81. The van der Waals surface area contributed by atoms with E-state index < -0.39 is 0 Å². The molecule has 1 unspecified atom stereocenters. The molecule has 0 aromatic heterocycles. The van der Waals surface area contributed by atoms with E-state index in [1.165, 1.54) is 12.8 Å². The number of ether oxygens (including phenoxy) is 1. The Kier molecular flexibility index (Phi) is 4.76. The Balaban J connectivity index is 2.02. The monoisotopic (exact) mass is 247 g/mol. The molecule has 1 atom stereocenters. The van der Waals surface area contributed by atoms with E-state index in [0.29, 0.717) is 6.61 Å². The zero-order chi connectivity index (χ0) is 12.8. The molecule has 0 aliphatic carbocycles. The van der Waals surface area contributed by atoms with Gasteiger partial charge in [0.2, 0.25) is 0 Å². The zero-order valence-electron chi connectivity index (χ0n) is 10.9. The van der Waals surface area contributed by atoms with E-state index in [1.807, 2.05) is 31.2 Å². The summed E-state index contributed by atoms with van der Waals surface area (Å²) >= 11 is 0. The minimum absolute atomic E-state index is 0.00885. The molecule has 1 fully saturated rings. The van der Waals surface area contributed by atoms with Gasteiger partial charge in [-0.15, -0.1) is 0 Å². The largest absolute Gasteiger partial charge is 0.494 e. The molecule has 98 valence electrons. The number of ketones is 1. The molecule has 1 saturated heterocycles. The molecule has 0 spiro atoms. The van der Waals surface area contributed by atoms with Crippen LogP contribution in [0.3, 0.4) is 0 Å². The molecule has 3 heteroatoms. The van der Waals surface area contributed by atoms with Gasteiger partial charge in [-0.3, -0.25) is 4.79 Å². The molecule has 0 bridgehead atoms. The third-order valence-corrected chi connectivity index (χ3v) is 3.33. The van der Waals surface area contributed by atoms with Gasteiger partial charge in [0, 0.05) is 5.56 Å². The van der Waals surface area contributed by atoms with Crippen molar-refractivity contribution >= 4 is 5.78 Å². The molecule has 3 nitrogen and oxygen atoms in total. The van der Waals surface area contributed by atoms with Crippen molar-refractivity contribution in [2.75, 3.05) is 13.2 Å². The van der Waals surface area contributed by atoms with Gasteiger partial charge in [-0.2, -0.15) is 0 Å². The van der Waals surface area contributed by atoms with Gasteiger partial charge < -0.3 is 10.1 Å². The highest BCUT2D eigenvalue weighted by atomic mass is 16.5. The van der Waals surface area contributed by atoms with E-state index in [-0.39, 0.29) is 11.8 Å². The molecule has 1 N–H and O–H groups in total. The molecule has 0 radical (unpaired) electrons. The van der Waals surface area contributed by atoms with Crippen LogP contribution in [0.4, 0.5) is 0 Å². The van der Waals surface area contributed by atoms with Gasteiger partial charge in [0.05, 0.1) is 12.6 Å². The van der Waals surface area contributed by atoms with Gasteiger partial charge in [-0.05, 0) is 50.6 Å². The van der Waals surface area contributed by atoms with Crippen LogP contribution in [-0.2, 0) is 0 Å². The standard InChI is InChI=1S/C15H21NO2/c1-2-18-13-9-7-12(8-10-13)15(17)14-6-4-3-5-11-16-14/h7-10,14,16H,2-6,11H2,1H3. The molecule has 0 amide bonds. The minimum atomic E-state index is -0.00885. The Hall–Kier alpha value is -1.35. The summed E-state index contributed by atoms with van der Waals surface area (Å²) in [7, 11) is 0. The lowest BCUT2D eigenvalue weighted by molar-refractivity contribution is 0.0940. The van der Waals surface area contributed by atoms with Gasteiger partial charge in [-0.25, -0.2) is 0 Å². The van der Waals surface area contributed by atoms with Gasteiger partial charge in [0.1, 0.15) is 5.75 Å². The van der Waals surface area contributed by atoms with Crippen molar-refractivity contribution in [1.29, 1.82) is 0 Å². The average molecular weight is 247 g/mol. The second-order valence-corrected chi connectivity index (χ2v) is 4.68. The molecule has 1 aliphatic rings. The van der Waals surface area contributed by atoms with Crippen molar-refractivity contribution in [2.45, 2.75) is 38.6 Å². The summed E-state index contributed by atoms with van der Waals surface area (Å²) in [5.74, 6) is 1.03. The number of hydrogen-bond donors (Lipinski definition) is 1. The molecule has 1 heterocycles. The fourth-order valence-corrected chi connectivity index (χ4v) is 2.34. The van der Waals surface area contributed by atoms with Crippen molar-refractivity contribution in [3.63, 3.8) is 0 Å². The predicted octanol–water partition coefficient (Wildman–Crippen LogP) is 2.80. The second-order valence-electron chi connectivity index (χ2n) is 4.68. The van der Waals surface area contributed by atoms with E-state index in [1.54, 1.807) is 0 Å². The number of Topliss-reactive ketones (excluding diaryl/α,β-unsaturated/α-hetero) is 1. The van der Waals surface area contributed by atoms with Crippen LogP contribution < -0.4 is 10.1 Å². The minimum Gasteiger partial charge on any atom is -0.494 e. The van der Waals surface area contributed by atoms with Crippen molar-refractivity contribution in [2.24, 2.45) is 0 Å². The number of nitrogens with one attached hydrogen (secondary N) is 1. The van der Waals surface area contributed by atoms with Gasteiger partial charge >= 0.3 is 0 Å². The summed E-state index contributed by atoms with van der Waals surface area (Å²) in [6.07, 6.45) is 4.49. The van der Waals surface area contributed by atoms with Crippen LogP contribution in [-0.4, -0.2) is 25.0 Å². The predicted molar refractivity (Wildman–Crippen MR) is 72.2 cm³/mol. The second kappa shape index (κ2) is 6.55. The molecule has 2 rings (SSSR count). The molecule has 1 aliphatic heterocycles. The summed E-state index contributed by atoms with van der Waals surface area (Å²) in [5.41, 5.74) is 0.776. The zero-order valence-corrected chi connectivity index (χ0v) is 10.9. The first-order valence-corrected chi connectivity index (χ1v) is 6.81. The fraction of sp³-hybridized carbons (Fsp3) is 0.533.